The molecule has 0 atom stereocenters. The Morgan fingerprint density at radius 2 is 1.96 bits per heavy atom. The first-order valence-electron chi connectivity index (χ1n) is 8.04. The predicted octanol–water partition coefficient (Wildman–Crippen LogP) is 2.59. The molecule has 1 aliphatic heterocycles. The van der Waals surface area contributed by atoms with E-state index in [1.54, 1.807) is 6.20 Å². The third kappa shape index (κ3) is 1.84. The van der Waals surface area contributed by atoms with Crippen molar-refractivity contribution < 1.29 is 0 Å². The van der Waals surface area contributed by atoms with Crippen LogP contribution in [-0.4, -0.2) is 33.0 Å². The summed E-state index contributed by atoms with van der Waals surface area (Å²) in [5.41, 5.74) is 10.3. The number of hydrogen-bond acceptors (Lipinski definition) is 5. The molecule has 2 fully saturated rings. The summed E-state index contributed by atoms with van der Waals surface area (Å²) in [7, 11) is 0. The largest absolute Gasteiger partial charge is 0.370 e. The average molecular weight is 306 g/mol. The van der Waals surface area contributed by atoms with Crippen LogP contribution in [0.5, 0.6) is 0 Å². The van der Waals surface area contributed by atoms with Crippen LogP contribution in [0.15, 0.2) is 30.7 Å². The van der Waals surface area contributed by atoms with E-state index in [4.69, 9.17) is 5.73 Å². The fourth-order valence-electron chi connectivity index (χ4n) is 3.96. The molecule has 2 aliphatic rings. The number of nitrogen functional groups attached to an aromatic ring is 1. The molecule has 3 N–H and O–H groups in total. The van der Waals surface area contributed by atoms with Crippen LogP contribution in [0.1, 0.15) is 19.3 Å². The number of nitrogens with one attached hydrogen (secondary N) is 1. The minimum atomic E-state index is 0.291. The molecule has 0 unspecified atom stereocenters. The van der Waals surface area contributed by atoms with E-state index in [9.17, 15) is 0 Å². The van der Waals surface area contributed by atoms with Gasteiger partial charge < -0.3 is 15.6 Å². The topological polar surface area (TPSA) is 83.7 Å². The van der Waals surface area contributed by atoms with Gasteiger partial charge in [-0.3, -0.25) is 0 Å². The van der Waals surface area contributed by atoms with Gasteiger partial charge in [-0.1, -0.05) is 6.42 Å². The van der Waals surface area contributed by atoms with Crippen molar-refractivity contribution >= 4 is 22.7 Å². The molecule has 0 radical (unpaired) electrons. The third-order valence-corrected chi connectivity index (χ3v) is 5.31. The maximum Gasteiger partial charge on any atom is 0.220 e. The minimum absolute atomic E-state index is 0.291. The van der Waals surface area contributed by atoms with Gasteiger partial charge in [0.15, 0.2) is 0 Å². The Balaban J connectivity index is 1.61. The first-order chi connectivity index (χ1) is 11.2. The fraction of sp³-hybridized carbons (Fsp3) is 0.353. The number of hydrogen-bond donors (Lipinski definition) is 2. The lowest BCUT2D eigenvalue weighted by molar-refractivity contribution is 0.0907. The molecule has 6 heteroatoms. The number of aromatic amines is 1. The monoisotopic (exact) mass is 306 g/mol. The normalized spacial score (nSPS) is 18.9. The summed E-state index contributed by atoms with van der Waals surface area (Å²) in [6, 6.07) is 4.00. The number of pyridine rings is 1. The lowest BCUT2D eigenvalue weighted by Gasteiger charge is -2.57. The van der Waals surface area contributed by atoms with E-state index in [-0.39, 0.29) is 0 Å². The highest BCUT2D eigenvalue weighted by atomic mass is 15.2. The average Bonchev–Trinajstić information content (AvgIpc) is 2.89. The molecule has 0 amide bonds. The van der Waals surface area contributed by atoms with Gasteiger partial charge in [0, 0.05) is 42.7 Å². The molecular formula is C17H18N6. The van der Waals surface area contributed by atoms with Gasteiger partial charge in [0.05, 0.1) is 16.8 Å². The van der Waals surface area contributed by atoms with E-state index in [2.05, 4.69) is 30.9 Å². The summed E-state index contributed by atoms with van der Waals surface area (Å²) < 4.78 is 0. The van der Waals surface area contributed by atoms with Crippen molar-refractivity contribution in [2.75, 3.05) is 23.7 Å². The third-order valence-electron chi connectivity index (χ3n) is 5.31. The number of nitrogens with zero attached hydrogens (tertiary/aromatic N) is 4. The summed E-state index contributed by atoms with van der Waals surface area (Å²) >= 11 is 0. The summed E-state index contributed by atoms with van der Waals surface area (Å²) in [5, 5.41) is 1.12. The zero-order chi connectivity index (χ0) is 15.4. The van der Waals surface area contributed by atoms with E-state index < -0.39 is 0 Å². The molecule has 1 aliphatic carbocycles. The van der Waals surface area contributed by atoms with Crippen molar-refractivity contribution in [2.24, 2.45) is 5.41 Å². The second kappa shape index (κ2) is 4.44. The first-order valence-corrected chi connectivity index (χ1v) is 8.04. The number of aromatic nitrogens is 4. The molecule has 6 nitrogen and oxygen atoms in total. The second-order valence-corrected chi connectivity index (χ2v) is 6.77. The molecule has 0 bridgehead atoms. The Bertz CT molecular complexity index is 887. The smallest absolute Gasteiger partial charge is 0.220 e. The molecule has 5 rings (SSSR count). The molecule has 3 aromatic heterocycles. The minimum Gasteiger partial charge on any atom is -0.370 e. The second-order valence-electron chi connectivity index (χ2n) is 6.77. The summed E-state index contributed by atoms with van der Waals surface area (Å²) in [6.07, 6.45) is 9.66. The van der Waals surface area contributed by atoms with E-state index in [0.717, 1.165) is 35.4 Å². The summed E-state index contributed by atoms with van der Waals surface area (Å²) in [4.78, 5) is 18.5. The van der Waals surface area contributed by atoms with Crippen LogP contribution < -0.4 is 10.6 Å². The van der Waals surface area contributed by atoms with E-state index >= 15 is 0 Å². The van der Waals surface area contributed by atoms with E-state index in [1.165, 1.54) is 24.9 Å². The molecule has 0 aromatic carbocycles. The number of anilines is 2. The highest BCUT2D eigenvalue weighted by Crippen LogP contribution is 2.50. The zero-order valence-corrected chi connectivity index (χ0v) is 12.8. The molecular weight excluding hydrogens is 288 g/mol. The van der Waals surface area contributed by atoms with Crippen molar-refractivity contribution in [2.45, 2.75) is 19.3 Å². The van der Waals surface area contributed by atoms with Crippen molar-refractivity contribution in [1.82, 2.24) is 19.9 Å². The SMILES string of the molecule is Nc1nccc(-c2c[nH]c3nccc(N4CC5(CCC5)C4)c23)n1. The van der Waals surface area contributed by atoms with Crippen LogP contribution in [0.3, 0.4) is 0 Å². The predicted molar refractivity (Wildman–Crippen MR) is 90.0 cm³/mol. The number of H-pyrrole nitrogens is 1. The summed E-state index contributed by atoms with van der Waals surface area (Å²) in [5.74, 6) is 0.291. The van der Waals surface area contributed by atoms with E-state index in [0.29, 0.717) is 11.4 Å². The van der Waals surface area contributed by atoms with Crippen LogP contribution in [0.25, 0.3) is 22.3 Å². The maximum atomic E-state index is 5.75. The van der Waals surface area contributed by atoms with Crippen LogP contribution >= 0.6 is 0 Å². The van der Waals surface area contributed by atoms with Crippen LogP contribution in [-0.2, 0) is 0 Å². The van der Waals surface area contributed by atoms with Gasteiger partial charge in [-0.15, -0.1) is 0 Å². The fourth-order valence-corrected chi connectivity index (χ4v) is 3.96. The first kappa shape index (κ1) is 12.9. The van der Waals surface area contributed by atoms with Gasteiger partial charge in [0.2, 0.25) is 5.95 Å². The number of rotatable bonds is 2. The van der Waals surface area contributed by atoms with Crippen LogP contribution in [0.2, 0.25) is 0 Å². The Labute approximate surface area is 133 Å². The van der Waals surface area contributed by atoms with Crippen LogP contribution in [0.4, 0.5) is 11.6 Å². The number of nitrogens with two attached hydrogens (primary N) is 1. The molecule has 23 heavy (non-hydrogen) atoms. The van der Waals surface area contributed by atoms with Gasteiger partial charge in [0.25, 0.3) is 0 Å². The van der Waals surface area contributed by atoms with E-state index in [1.807, 2.05) is 18.5 Å². The van der Waals surface area contributed by atoms with Gasteiger partial charge in [-0.25, -0.2) is 15.0 Å². The van der Waals surface area contributed by atoms with Crippen molar-refractivity contribution in [3.8, 4) is 11.3 Å². The number of fused-ring (bicyclic) bond motifs is 1. The van der Waals surface area contributed by atoms with Crippen LogP contribution in [0, 0.1) is 5.41 Å². The van der Waals surface area contributed by atoms with Gasteiger partial charge >= 0.3 is 0 Å². The molecule has 1 saturated carbocycles. The Morgan fingerprint density at radius 1 is 1.13 bits per heavy atom. The maximum absolute atomic E-state index is 5.75. The van der Waals surface area contributed by atoms with Crippen molar-refractivity contribution in [1.29, 1.82) is 0 Å². The standard InChI is InChI=1S/C17H18N6/c18-16-20-6-2-12(22-16)11-8-21-15-14(11)13(3-7-19-15)23-9-17(10-23)4-1-5-17/h2-3,6-8H,1,4-5,9-10H2,(H,19,21)(H2,18,20,22). The van der Waals surface area contributed by atoms with Crippen molar-refractivity contribution in [3.05, 3.63) is 30.7 Å². The zero-order valence-electron chi connectivity index (χ0n) is 12.8. The Kier molecular flexibility index (Phi) is 2.48. The molecule has 1 spiro atoms. The highest BCUT2D eigenvalue weighted by molar-refractivity contribution is 6.02. The van der Waals surface area contributed by atoms with Gasteiger partial charge in [-0.05, 0) is 25.0 Å². The Hall–Kier alpha value is -2.63. The summed E-state index contributed by atoms with van der Waals surface area (Å²) in [6.45, 7) is 2.31. The van der Waals surface area contributed by atoms with Gasteiger partial charge in [-0.2, -0.15) is 0 Å². The lowest BCUT2D eigenvalue weighted by atomic mass is 9.63. The molecule has 3 aromatic rings. The highest BCUT2D eigenvalue weighted by Gasteiger charge is 2.47. The van der Waals surface area contributed by atoms with Crippen molar-refractivity contribution in [3.63, 3.8) is 0 Å². The molecule has 4 heterocycles. The molecule has 116 valence electrons. The lowest BCUT2D eigenvalue weighted by Crippen LogP contribution is -2.59. The van der Waals surface area contributed by atoms with Gasteiger partial charge in [0.1, 0.15) is 5.65 Å². The Morgan fingerprint density at radius 3 is 2.70 bits per heavy atom. The quantitative estimate of drug-likeness (QED) is 0.760. The molecule has 1 saturated heterocycles.